The smallest absolute Gasteiger partial charge is 0.251 e. The van der Waals surface area contributed by atoms with Gasteiger partial charge in [-0.15, -0.1) is 0 Å². The van der Waals surface area contributed by atoms with Gasteiger partial charge in [-0.1, -0.05) is 34.1 Å². The summed E-state index contributed by atoms with van der Waals surface area (Å²) in [6, 6.07) is 12.8. The van der Waals surface area contributed by atoms with Crippen molar-refractivity contribution in [3.05, 3.63) is 63.6 Å². The second-order valence-electron chi connectivity index (χ2n) is 6.10. The van der Waals surface area contributed by atoms with Crippen LogP contribution in [0.3, 0.4) is 0 Å². The average molecular weight is 432 g/mol. The molecular formula is C20H22BrN3O3. The lowest BCUT2D eigenvalue weighted by atomic mass is 10.1. The van der Waals surface area contributed by atoms with Crippen molar-refractivity contribution >= 4 is 39.3 Å². The Hall–Kier alpha value is -2.67. The fourth-order valence-corrected chi connectivity index (χ4v) is 2.92. The zero-order valence-electron chi connectivity index (χ0n) is 15.3. The lowest BCUT2D eigenvalue weighted by Gasteiger charge is -2.10. The Balaban J connectivity index is 1.70. The van der Waals surface area contributed by atoms with Crippen molar-refractivity contribution in [2.45, 2.75) is 20.3 Å². The first-order valence-corrected chi connectivity index (χ1v) is 9.32. The molecule has 0 aliphatic carbocycles. The molecule has 0 aliphatic heterocycles. The van der Waals surface area contributed by atoms with Crippen LogP contribution in [0.2, 0.25) is 0 Å². The van der Waals surface area contributed by atoms with E-state index in [-0.39, 0.29) is 37.2 Å². The third-order valence-electron chi connectivity index (χ3n) is 3.94. The van der Waals surface area contributed by atoms with E-state index in [1.54, 1.807) is 18.2 Å². The minimum atomic E-state index is -0.308. The highest BCUT2D eigenvalue weighted by Gasteiger charge is 2.10. The van der Waals surface area contributed by atoms with Gasteiger partial charge in [0.2, 0.25) is 11.8 Å². The van der Waals surface area contributed by atoms with Crippen molar-refractivity contribution in [2.75, 3.05) is 18.4 Å². The van der Waals surface area contributed by atoms with Gasteiger partial charge in [-0.05, 0) is 49.2 Å². The molecule has 2 aromatic rings. The van der Waals surface area contributed by atoms with E-state index in [4.69, 9.17) is 0 Å². The van der Waals surface area contributed by atoms with Gasteiger partial charge in [0.25, 0.3) is 5.91 Å². The van der Waals surface area contributed by atoms with Crippen molar-refractivity contribution in [1.82, 2.24) is 10.6 Å². The summed E-state index contributed by atoms with van der Waals surface area (Å²) in [5.41, 5.74) is 3.08. The van der Waals surface area contributed by atoms with Crippen molar-refractivity contribution in [1.29, 1.82) is 0 Å². The van der Waals surface area contributed by atoms with Crippen molar-refractivity contribution in [3.8, 4) is 0 Å². The molecular weight excluding hydrogens is 410 g/mol. The molecule has 142 valence electrons. The molecule has 2 aromatic carbocycles. The number of carbonyl (C=O) groups is 3. The van der Waals surface area contributed by atoms with Gasteiger partial charge in [0.05, 0.1) is 6.54 Å². The second-order valence-corrected chi connectivity index (χ2v) is 7.02. The average Bonchev–Trinajstić information content (AvgIpc) is 2.62. The standard InChI is InChI=1S/C20H22BrN3O3/c1-13-5-3-4-6-16(13)20(27)22-10-9-18(25)23-12-19(26)24-17-8-7-15(21)11-14(17)2/h3-8,11H,9-10,12H2,1-2H3,(H,22,27)(H,23,25)(H,24,26). The van der Waals surface area contributed by atoms with Gasteiger partial charge in [0.15, 0.2) is 0 Å². The molecule has 6 nitrogen and oxygen atoms in total. The molecule has 0 aliphatic rings. The minimum absolute atomic E-state index is 0.0994. The van der Waals surface area contributed by atoms with Crippen molar-refractivity contribution < 1.29 is 14.4 Å². The number of halogens is 1. The molecule has 7 heteroatoms. The Morgan fingerprint density at radius 1 is 0.926 bits per heavy atom. The second kappa shape index (κ2) is 9.87. The third-order valence-corrected chi connectivity index (χ3v) is 4.43. The SMILES string of the molecule is Cc1cc(Br)ccc1NC(=O)CNC(=O)CCNC(=O)c1ccccc1C. The Morgan fingerprint density at radius 3 is 2.37 bits per heavy atom. The highest BCUT2D eigenvalue weighted by Crippen LogP contribution is 2.19. The van der Waals surface area contributed by atoms with E-state index in [0.717, 1.165) is 15.6 Å². The lowest BCUT2D eigenvalue weighted by Crippen LogP contribution is -2.35. The summed E-state index contributed by atoms with van der Waals surface area (Å²) in [5, 5.41) is 8.00. The Kier molecular flexibility index (Phi) is 7.55. The number of anilines is 1. The maximum absolute atomic E-state index is 12.1. The van der Waals surface area contributed by atoms with E-state index >= 15 is 0 Å². The molecule has 0 aromatic heterocycles. The van der Waals surface area contributed by atoms with Crippen LogP contribution in [0.15, 0.2) is 46.9 Å². The predicted molar refractivity (Wildman–Crippen MR) is 109 cm³/mol. The molecule has 0 radical (unpaired) electrons. The van der Waals surface area contributed by atoms with Gasteiger partial charge in [-0.25, -0.2) is 0 Å². The Labute approximate surface area is 166 Å². The molecule has 0 bridgehead atoms. The maximum atomic E-state index is 12.1. The number of hydrogen-bond donors (Lipinski definition) is 3. The van der Waals surface area contributed by atoms with Gasteiger partial charge in [0, 0.05) is 28.7 Å². The maximum Gasteiger partial charge on any atom is 0.251 e. The van der Waals surface area contributed by atoms with Gasteiger partial charge in [-0.3, -0.25) is 14.4 Å². The molecule has 0 spiro atoms. The van der Waals surface area contributed by atoms with E-state index in [1.165, 1.54) is 0 Å². The summed E-state index contributed by atoms with van der Waals surface area (Å²) in [7, 11) is 0. The molecule has 0 atom stereocenters. The largest absolute Gasteiger partial charge is 0.352 e. The molecule has 2 rings (SSSR count). The Morgan fingerprint density at radius 2 is 1.67 bits per heavy atom. The zero-order valence-corrected chi connectivity index (χ0v) is 16.9. The number of benzene rings is 2. The molecule has 3 amide bonds. The highest BCUT2D eigenvalue weighted by molar-refractivity contribution is 9.10. The monoisotopic (exact) mass is 431 g/mol. The Bertz CT molecular complexity index is 852. The fraction of sp³-hybridized carbons (Fsp3) is 0.250. The van der Waals surface area contributed by atoms with Gasteiger partial charge in [-0.2, -0.15) is 0 Å². The summed E-state index contributed by atoms with van der Waals surface area (Å²) < 4.78 is 0.930. The number of rotatable bonds is 7. The molecule has 27 heavy (non-hydrogen) atoms. The minimum Gasteiger partial charge on any atom is -0.352 e. The van der Waals surface area contributed by atoms with Crippen molar-refractivity contribution in [3.63, 3.8) is 0 Å². The highest BCUT2D eigenvalue weighted by atomic mass is 79.9. The first-order valence-electron chi connectivity index (χ1n) is 8.53. The van der Waals surface area contributed by atoms with E-state index in [1.807, 2.05) is 38.1 Å². The number of hydrogen-bond acceptors (Lipinski definition) is 3. The quantitative estimate of drug-likeness (QED) is 0.629. The van der Waals surface area contributed by atoms with Crippen LogP contribution in [0.5, 0.6) is 0 Å². The molecule has 0 heterocycles. The number of nitrogens with one attached hydrogen (secondary N) is 3. The summed E-state index contributed by atoms with van der Waals surface area (Å²) >= 11 is 3.37. The lowest BCUT2D eigenvalue weighted by molar-refractivity contribution is -0.124. The molecule has 0 saturated heterocycles. The van der Waals surface area contributed by atoms with E-state index in [9.17, 15) is 14.4 Å². The van der Waals surface area contributed by atoms with Crippen LogP contribution in [-0.4, -0.2) is 30.8 Å². The van der Waals surface area contributed by atoms with Crippen LogP contribution in [0, 0.1) is 13.8 Å². The molecule has 0 saturated carbocycles. The number of amides is 3. The van der Waals surface area contributed by atoms with Crippen LogP contribution < -0.4 is 16.0 Å². The molecule has 3 N–H and O–H groups in total. The van der Waals surface area contributed by atoms with E-state index in [2.05, 4.69) is 31.9 Å². The summed E-state index contributed by atoms with van der Waals surface area (Å²) in [4.78, 5) is 35.9. The zero-order chi connectivity index (χ0) is 19.8. The number of aryl methyl sites for hydroxylation is 2. The normalized spacial score (nSPS) is 10.2. The molecule has 0 fully saturated rings. The number of carbonyl (C=O) groups excluding carboxylic acids is 3. The van der Waals surface area contributed by atoms with Gasteiger partial charge >= 0.3 is 0 Å². The summed E-state index contributed by atoms with van der Waals surface area (Å²) in [6.45, 7) is 3.82. The first-order chi connectivity index (χ1) is 12.9. The van der Waals surface area contributed by atoms with Crippen LogP contribution >= 0.6 is 15.9 Å². The summed E-state index contributed by atoms with van der Waals surface area (Å²) in [5.74, 6) is -0.829. The van der Waals surface area contributed by atoms with Crippen LogP contribution in [0.25, 0.3) is 0 Å². The topological polar surface area (TPSA) is 87.3 Å². The first kappa shape index (κ1) is 20.6. The fourth-order valence-electron chi connectivity index (χ4n) is 2.44. The van der Waals surface area contributed by atoms with Crippen LogP contribution in [-0.2, 0) is 9.59 Å². The van der Waals surface area contributed by atoms with Crippen molar-refractivity contribution in [2.24, 2.45) is 0 Å². The van der Waals surface area contributed by atoms with Gasteiger partial charge < -0.3 is 16.0 Å². The van der Waals surface area contributed by atoms with Crippen LogP contribution in [0.4, 0.5) is 5.69 Å². The third kappa shape index (κ3) is 6.53. The van der Waals surface area contributed by atoms with E-state index in [0.29, 0.717) is 11.3 Å². The van der Waals surface area contributed by atoms with Gasteiger partial charge in [0.1, 0.15) is 0 Å². The van der Waals surface area contributed by atoms with E-state index < -0.39 is 0 Å². The molecule has 0 unspecified atom stereocenters. The summed E-state index contributed by atoms with van der Waals surface area (Å²) in [6.07, 6.45) is 0.0994. The van der Waals surface area contributed by atoms with Crippen LogP contribution in [0.1, 0.15) is 27.9 Å². The predicted octanol–water partition coefficient (Wildman–Crippen LogP) is 2.94.